The summed E-state index contributed by atoms with van der Waals surface area (Å²) in [4.78, 5) is 33.1. The topological polar surface area (TPSA) is 69.9 Å². The van der Waals surface area contributed by atoms with Crippen molar-refractivity contribution >= 4 is 34.7 Å². The molecular weight excluding hydrogens is 504 g/mol. The second-order valence-corrected chi connectivity index (χ2v) is 10.3. The van der Waals surface area contributed by atoms with Crippen LogP contribution >= 0.6 is 22.7 Å². The molecule has 5 rings (SSSR count). The van der Waals surface area contributed by atoms with Gasteiger partial charge in [0.1, 0.15) is 25.0 Å². The fourth-order valence-corrected chi connectivity index (χ4v) is 5.94. The maximum Gasteiger partial charge on any atom is 0.338 e. The predicted molar refractivity (Wildman–Crippen MR) is 146 cm³/mol. The fraction of sp³-hybridized carbons (Fsp3) is 0.138. The first-order valence-corrected chi connectivity index (χ1v) is 13.4. The van der Waals surface area contributed by atoms with Gasteiger partial charge in [0, 0.05) is 4.88 Å². The Morgan fingerprint density at radius 1 is 1.11 bits per heavy atom. The number of nitrogens with zero attached hydrogens (tertiary/aromatic N) is 2. The minimum absolute atomic E-state index is 0.143. The molecule has 37 heavy (non-hydrogen) atoms. The number of hydrogen-bond donors (Lipinski definition) is 0. The molecule has 1 aliphatic heterocycles. The minimum Gasteiger partial charge on any atom is -0.490 e. The van der Waals surface area contributed by atoms with Crippen LogP contribution in [0.2, 0.25) is 0 Å². The molecule has 1 aliphatic rings. The van der Waals surface area contributed by atoms with Crippen molar-refractivity contribution in [2.75, 3.05) is 6.61 Å². The number of fused-ring (bicyclic) bond motifs is 1. The maximum atomic E-state index is 13.7. The Hall–Kier alpha value is -4.01. The number of hydrogen-bond acceptors (Lipinski definition) is 7. The lowest BCUT2D eigenvalue weighted by molar-refractivity contribution is -0.140. The quantitative estimate of drug-likeness (QED) is 0.248. The number of carbonyl (C=O) groups is 1. The standard InChI is InChI=1S/C29H24N2O4S2/c1-3-15-34-22-13-11-20(12-14-22)17-24-27(32)31-26(23-10-7-16-36-23)25(19(2)30-29(31)37-24)28(33)35-18-21-8-5-4-6-9-21/h3-14,16-17,26H,1,15,18H2,2H3/b24-17+/t26-/m1/s1. The molecule has 2 aromatic heterocycles. The molecule has 3 heterocycles. The lowest BCUT2D eigenvalue weighted by Gasteiger charge is -2.23. The number of thiophene rings is 1. The molecule has 0 bridgehead atoms. The van der Waals surface area contributed by atoms with Gasteiger partial charge >= 0.3 is 5.97 Å². The number of thiazole rings is 1. The number of carbonyl (C=O) groups excluding carboxylic acids is 1. The van der Waals surface area contributed by atoms with Gasteiger partial charge in [-0.1, -0.05) is 72.5 Å². The van der Waals surface area contributed by atoms with E-state index in [0.29, 0.717) is 27.2 Å². The SMILES string of the molecule is C=CCOc1ccc(/C=c2/sc3n(c2=O)[C@H](c2cccs2)C(C(=O)OCc2ccccc2)=C(C)N=3)cc1. The van der Waals surface area contributed by atoms with E-state index in [9.17, 15) is 9.59 Å². The van der Waals surface area contributed by atoms with Gasteiger partial charge in [-0.2, -0.15) is 0 Å². The summed E-state index contributed by atoms with van der Waals surface area (Å²) in [6.45, 7) is 6.01. The number of ether oxygens (including phenoxy) is 2. The van der Waals surface area contributed by atoms with Gasteiger partial charge in [0.15, 0.2) is 4.80 Å². The molecule has 0 aliphatic carbocycles. The zero-order valence-electron chi connectivity index (χ0n) is 20.1. The van der Waals surface area contributed by atoms with E-state index in [1.54, 1.807) is 17.6 Å². The fourth-order valence-electron chi connectivity index (χ4n) is 4.07. The van der Waals surface area contributed by atoms with Crippen molar-refractivity contribution in [3.05, 3.63) is 132 Å². The predicted octanol–water partition coefficient (Wildman–Crippen LogP) is 4.60. The van der Waals surface area contributed by atoms with E-state index in [4.69, 9.17) is 9.47 Å². The molecule has 0 N–H and O–H groups in total. The van der Waals surface area contributed by atoms with Gasteiger partial charge in [-0.05, 0) is 47.7 Å². The molecule has 0 unspecified atom stereocenters. The smallest absolute Gasteiger partial charge is 0.338 e. The Morgan fingerprint density at radius 2 is 1.89 bits per heavy atom. The maximum absolute atomic E-state index is 13.7. The lowest BCUT2D eigenvalue weighted by Crippen LogP contribution is -2.39. The molecule has 2 aromatic carbocycles. The van der Waals surface area contributed by atoms with Crippen molar-refractivity contribution in [2.45, 2.75) is 19.6 Å². The Bertz CT molecular complexity index is 1630. The number of esters is 1. The first kappa shape index (κ1) is 24.7. The van der Waals surface area contributed by atoms with Gasteiger partial charge in [0.05, 0.1) is 15.8 Å². The largest absolute Gasteiger partial charge is 0.490 e. The Kier molecular flexibility index (Phi) is 7.30. The van der Waals surface area contributed by atoms with Gasteiger partial charge < -0.3 is 9.47 Å². The van der Waals surface area contributed by atoms with E-state index in [1.807, 2.05) is 78.2 Å². The van der Waals surface area contributed by atoms with Crippen LogP contribution in [0.25, 0.3) is 6.08 Å². The zero-order chi connectivity index (χ0) is 25.8. The molecular formula is C29H24N2O4S2. The molecule has 8 heteroatoms. The van der Waals surface area contributed by atoms with Crippen molar-refractivity contribution < 1.29 is 14.3 Å². The van der Waals surface area contributed by atoms with E-state index in [2.05, 4.69) is 11.6 Å². The van der Waals surface area contributed by atoms with Crippen molar-refractivity contribution in [2.24, 2.45) is 4.99 Å². The highest BCUT2D eigenvalue weighted by Gasteiger charge is 2.34. The van der Waals surface area contributed by atoms with Gasteiger partial charge in [0.25, 0.3) is 5.56 Å². The van der Waals surface area contributed by atoms with Gasteiger partial charge in [-0.15, -0.1) is 11.3 Å². The molecule has 1 atom stereocenters. The van der Waals surface area contributed by atoms with Crippen molar-refractivity contribution in [1.82, 2.24) is 4.57 Å². The third-order valence-corrected chi connectivity index (χ3v) is 7.72. The van der Waals surface area contributed by atoms with Crippen molar-refractivity contribution in [1.29, 1.82) is 0 Å². The number of allylic oxidation sites excluding steroid dienone is 1. The summed E-state index contributed by atoms with van der Waals surface area (Å²) in [6, 6.07) is 20.2. The average molecular weight is 529 g/mol. The van der Waals surface area contributed by atoms with Crippen LogP contribution in [-0.4, -0.2) is 17.1 Å². The first-order valence-electron chi connectivity index (χ1n) is 11.7. The third-order valence-electron chi connectivity index (χ3n) is 5.81. The molecule has 4 aromatic rings. The molecule has 0 saturated carbocycles. The van der Waals surface area contributed by atoms with Crippen LogP contribution in [0.4, 0.5) is 0 Å². The summed E-state index contributed by atoms with van der Waals surface area (Å²) in [6.07, 6.45) is 3.52. The lowest BCUT2D eigenvalue weighted by atomic mass is 10.0. The highest BCUT2D eigenvalue weighted by Crippen LogP contribution is 2.33. The van der Waals surface area contributed by atoms with Crippen LogP contribution in [-0.2, 0) is 16.1 Å². The molecule has 0 fully saturated rings. The van der Waals surface area contributed by atoms with E-state index >= 15 is 0 Å². The Labute approximate surface area is 221 Å². The second-order valence-electron chi connectivity index (χ2n) is 8.33. The Morgan fingerprint density at radius 3 is 2.59 bits per heavy atom. The highest BCUT2D eigenvalue weighted by molar-refractivity contribution is 7.10. The normalized spacial score (nSPS) is 15.2. The number of benzene rings is 2. The number of aromatic nitrogens is 1. The summed E-state index contributed by atoms with van der Waals surface area (Å²) < 4.78 is 13.4. The van der Waals surface area contributed by atoms with Crippen LogP contribution in [0.3, 0.4) is 0 Å². The number of rotatable bonds is 8. The van der Waals surface area contributed by atoms with E-state index in [1.165, 1.54) is 22.7 Å². The Balaban J connectivity index is 1.52. The van der Waals surface area contributed by atoms with Crippen LogP contribution in [0.1, 0.15) is 29.0 Å². The van der Waals surface area contributed by atoms with Gasteiger partial charge in [0.2, 0.25) is 0 Å². The molecule has 0 amide bonds. The molecule has 0 radical (unpaired) electrons. The van der Waals surface area contributed by atoms with Crippen LogP contribution in [0.15, 0.2) is 106 Å². The van der Waals surface area contributed by atoms with Crippen molar-refractivity contribution in [3.8, 4) is 5.75 Å². The molecule has 6 nitrogen and oxygen atoms in total. The summed E-state index contributed by atoms with van der Waals surface area (Å²) in [7, 11) is 0. The first-order chi connectivity index (χ1) is 18.0. The summed E-state index contributed by atoms with van der Waals surface area (Å²) in [5, 5.41) is 1.93. The monoisotopic (exact) mass is 528 g/mol. The van der Waals surface area contributed by atoms with Crippen LogP contribution in [0, 0.1) is 0 Å². The minimum atomic E-state index is -0.601. The summed E-state index contributed by atoms with van der Waals surface area (Å²) >= 11 is 2.80. The molecule has 0 saturated heterocycles. The van der Waals surface area contributed by atoms with E-state index in [-0.39, 0.29) is 12.2 Å². The van der Waals surface area contributed by atoms with Gasteiger partial charge in [-0.25, -0.2) is 9.79 Å². The second kappa shape index (κ2) is 10.9. The highest BCUT2D eigenvalue weighted by atomic mass is 32.1. The van der Waals surface area contributed by atoms with Crippen molar-refractivity contribution in [3.63, 3.8) is 0 Å². The summed E-state index contributed by atoms with van der Waals surface area (Å²) in [5.41, 5.74) is 2.48. The van der Waals surface area contributed by atoms with Crippen LogP contribution in [0.5, 0.6) is 5.75 Å². The van der Waals surface area contributed by atoms with E-state index in [0.717, 1.165) is 21.8 Å². The average Bonchev–Trinajstić information content (AvgIpc) is 3.55. The zero-order valence-corrected chi connectivity index (χ0v) is 21.8. The van der Waals surface area contributed by atoms with Gasteiger partial charge in [-0.3, -0.25) is 9.36 Å². The molecule has 186 valence electrons. The molecule has 0 spiro atoms. The van der Waals surface area contributed by atoms with E-state index < -0.39 is 12.0 Å². The summed E-state index contributed by atoms with van der Waals surface area (Å²) in [5.74, 6) is 0.249. The van der Waals surface area contributed by atoms with Crippen LogP contribution < -0.4 is 19.6 Å². The third kappa shape index (κ3) is 5.26.